The molecule has 5 heteroatoms. The number of carbonyl (C=O) groups excluding carboxylic acids is 1. The van der Waals surface area contributed by atoms with Crippen molar-refractivity contribution >= 4 is 44.5 Å². The zero-order valence-corrected chi connectivity index (χ0v) is 18.0. The fourth-order valence-electron chi connectivity index (χ4n) is 3.97. The molecule has 4 rings (SSSR count). The van der Waals surface area contributed by atoms with Crippen molar-refractivity contribution < 1.29 is 4.79 Å². The van der Waals surface area contributed by atoms with Crippen LogP contribution in [0.15, 0.2) is 54.6 Å². The van der Waals surface area contributed by atoms with E-state index in [0.717, 1.165) is 32.6 Å². The van der Waals surface area contributed by atoms with E-state index in [0.29, 0.717) is 0 Å². The number of para-hydroxylation sites is 1. The van der Waals surface area contributed by atoms with Crippen LogP contribution < -0.4 is 4.90 Å². The molecule has 0 radical (unpaired) electrons. The van der Waals surface area contributed by atoms with Gasteiger partial charge >= 0.3 is 0 Å². The lowest BCUT2D eigenvalue weighted by Gasteiger charge is -2.44. The zero-order chi connectivity index (χ0) is 19.2. The summed E-state index contributed by atoms with van der Waals surface area (Å²) in [6.07, 6.45) is 0.768. The Bertz CT molecular complexity index is 1050. The fraction of sp³-hybridized carbons (Fsp3) is 0.273. The van der Waals surface area contributed by atoms with Crippen molar-refractivity contribution in [3.63, 3.8) is 0 Å². The minimum atomic E-state index is -0.429. The van der Waals surface area contributed by atoms with E-state index in [4.69, 9.17) is 12.2 Å². The molecular formula is C22H21NOS3. The minimum Gasteiger partial charge on any atom is -0.301 e. The molecule has 2 aromatic carbocycles. The highest BCUT2D eigenvalue weighted by molar-refractivity contribution is 7.80. The molecule has 3 aromatic rings. The molecule has 27 heavy (non-hydrogen) atoms. The van der Waals surface area contributed by atoms with Gasteiger partial charge in [-0.15, -0.1) is 0 Å². The summed E-state index contributed by atoms with van der Waals surface area (Å²) in [5.74, 6) is -0.0113. The Kier molecular flexibility index (Phi) is 4.78. The van der Waals surface area contributed by atoms with E-state index in [-0.39, 0.29) is 11.8 Å². The third-order valence-electron chi connectivity index (χ3n) is 5.29. The smallest absolute Gasteiger partial charge is 0.235 e. The topological polar surface area (TPSA) is 20.3 Å². The van der Waals surface area contributed by atoms with Crippen LogP contribution in [0, 0.1) is 3.82 Å². The molecule has 1 aliphatic heterocycles. The van der Waals surface area contributed by atoms with Crippen LogP contribution in [0.2, 0.25) is 0 Å². The molecule has 2 heterocycles. The molecule has 1 atom stereocenters. The molecule has 138 valence electrons. The van der Waals surface area contributed by atoms with Crippen molar-refractivity contribution in [2.24, 2.45) is 0 Å². The number of fused-ring (bicyclic) bond motifs is 3. The molecule has 0 N–H and O–H groups in total. The van der Waals surface area contributed by atoms with Crippen LogP contribution in [0.1, 0.15) is 43.6 Å². The van der Waals surface area contributed by atoms with Gasteiger partial charge < -0.3 is 4.90 Å². The number of benzene rings is 2. The predicted molar refractivity (Wildman–Crippen MR) is 118 cm³/mol. The lowest BCUT2D eigenvalue weighted by molar-refractivity contribution is -0.121. The Labute approximate surface area is 172 Å². The summed E-state index contributed by atoms with van der Waals surface area (Å²) >= 11 is 5.63. The van der Waals surface area contributed by atoms with E-state index < -0.39 is 5.54 Å². The highest BCUT2D eigenvalue weighted by Gasteiger charge is 2.44. The molecular weight excluding hydrogens is 390 g/mol. The summed E-state index contributed by atoms with van der Waals surface area (Å²) in [7, 11) is 3.33. The van der Waals surface area contributed by atoms with Crippen molar-refractivity contribution in [1.29, 1.82) is 0 Å². The second-order valence-electron chi connectivity index (χ2n) is 7.28. The molecule has 0 aliphatic carbocycles. The van der Waals surface area contributed by atoms with Gasteiger partial charge in [0.25, 0.3) is 0 Å². The van der Waals surface area contributed by atoms with E-state index in [1.165, 1.54) is 4.88 Å². The van der Waals surface area contributed by atoms with Gasteiger partial charge in [0.15, 0.2) is 0 Å². The van der Waals surface area contributed by atoms with Gasteiger partial charge in [-0.25, -0.2) is 0 Å². The molecule has 2 nitrogen and oxygen atoms in total. The van der Waals surface area contributed by atoms with Gasteiger partial charge in [-0.1, -0.05) is 88.4 Å². The van der Waals surface area contributed by atoms with Crippen molar-refractivity contribution in [3.05, 3.63) is 68.9 Å². The van der Waals surface area contributed by atoms with Crippen LogP contribution in [0.25, 0.3) is 11.1 Å². The predicted octanol–water partition coefficient (Wildman–Crippen LogP) is 6.98. The van der Waals surface area contributed by atoms with Crippen LogP contribution >= 0.6 is 32.9 Å². The van der Waals surface area contributed by atoms with Gasteiger partial charge in [0.05, 0.1) is 22.0 Å². The van der Waals surface area contributed by atoms with Crippen molar-refractivity contribution in [2.45, 2.75) is 38.6 Å². The number of anilines is 1. The average molecular weight is 412 g/mol. The largest absolute Gasteiger partial charge is 0.301 e. The molecule has 0 spiro atoms. The lowest BCUT2D eigenvalue weighted by atomic mass is 9.85. The third-order valence-corrected chi connectivity index (χ3v) is 8.62. The summed E-state index contributed by atoms with van der Waals surface area (Å²) in [6.45, 7) is 6.35. The quantitative estimate of drug-likeness (QED) is 0.342. The molecule has 1 amide bonds. The highest BCUT2D eigenvalue weighted by Crippen LogP contribution is 2.52. The van der Waals surface area contributed by atoms with Crippen molar-refractivity contribution in [1.82, 2.24) is 0 Å². The summed E-state index contributed by atoms with van der Waals surface area (Å²) in [4.78, 5) is 17.0. The van der Waals surface area contributed by atoms with E-state index in [2.05, 4.69) is 39.0 Å². The summed E-state index contributed by atoms with van der Waals surface area (Å²) < 4.78 is 0.915. The first kappa shape index (κ1) is 18.5. The number of hydrogen-bond donors (Lipinski definition) is 0. The first-order valence-electron chi connectivity index (χ1n) is 9.08. The van der Waals surface area contributed by atoms with E-state index in [1.54, 1.807) is 20.7 Å². The third kappa shape index (κ3) is 2.89. The number of hydrogen-bond acceptors (Lipinski definition) is 4. The normalized spacial score (nSPS) is 15.7. The van der Waals surface area contributed by atoms with Crippen molar-refractivity contribution in [2.75, 3.05) is 4.90 Å². The standard InChI is InChI=1S/C22H21NOS3/c1-4-15(14-10-6-5-7-11-14)20(24)23-17-13-9-8-12-16(17)18-19(22(23,2)3)26-27-21(18)25/h5-13,15H,4H2,1-3H3/t15-/m1/s1. The maximum Gasteiger partial charge on any atom is 0.235 e. The van der Waals surface area contributed by atoms with Gasteiger partial charge in [-0.05, 0) is 31.9 Å². The van der Waals surface area contributed by atoms with Crippen LogP contribution in [0.5, 0.6) is 0 Å². The molecule has 0 bridgehead atoms. The first-order valence-corrected chi connectivity index (χ1v) is 11.6. The monoisotopic (exact) mass is 411 g/mol. The Morgan fingerprint density at radius 3 is 2.44 bits per heavy atom. The SMILES string of the molecule is CC[C@@H](C(=O)N1c2ccccc2-c2c(ssc2=S)C1(C)C)c1ccccc1. The van der Waals surface area contributed by atoms with Gasteiger partial charge in [-0.3, -0.25) is 4.79 Å². The fourth-order valence-corrected chi connectivity index (χ4v) is 7.25. The highest BCUT2D eigenvalue weighted by atomic mass is 32.9. The van der Waals surface area contributed by atoms with Crippen LogP contribution in [0.3, 0.4) is 0 Å². The van der Waals surface area contributed by atoms with Gasteiger partial charge in [-0.2, -0.15) is 0 Å². The summed E-state index contributed by atoms with van der Waals surface area (Å²) in [5, 5.41) is 0. The first-order chi connectivity index (χ1) is 13.0. The van der Waals surface area contributed by atoms with Crippen molar-refractivity contribution in [3.8, 4) is 11.1 Å². The molecule has 1 aliphatic rings. The Morgan fingerprint density at radius 2 is 1.74 bits per heavy atom. The summed E-state index contributed by atoms with van der Waals surface area (Å²) in [6, 6.07) is 18.3. The maximum absolute atomic E-state index is 13.8. The zero-order valence-electron chi connectivity index (χ0n) is 15.6. The molecule has 0 saturated heterocycles. The number of rotatable bonds is 3. The maximum atomic E-state index is 13.8. The average Bonchev–Trinajstić information content (AvgIpc) is 3.06. The summed E-state index contributed by atoms with van der Waals surface area (Å²) in [5.41, 5.74) is 3.82. The number of amides is 1. The molecule has 0 saturated carbocycles. The van der Waals surface area contributed by atoms with Crippen LogP contribution in [-0.2, 0) is 10.3 Å². The molecule has 0 fully saturated rings. The second-order valence-corrected chi connectivity index (χ2v) is 10.1. The number of carbonyl (C=O) groups is 1. The van der Waals surface area contributed by atoms with E-state index in [1.807, 2.05) is 41.3 Å². The molecule has 0 unspecified atom stereocenters. The Balaban J connectivity index is 1.90. The van der Waals surface area contributed by atoms with Gasteiger partial charge in [0.1, 0.15) is 3.82 Å². The van der Waals surface area contributed by atoms with Gasteiger partial charge in [0.2, 0.25) is 5.91 Å². The van der Waals surface area contributed by atoms with Crippen LogP contribution in [-0.4, -0.2) is 5.91 Å². The second kappa shape index (κ2) is 6.97. The van der Waals surface area contributed by atoms with Crippen LogP contribution in [0.4, 0.5) is 5.69 Å². The Hall–Kier alpha value is -1.82. The lowest BCUT2D eigenvalue weighted by Crippen LogP contribution is -2.49. The minimum absolute atomic E-state index is 0.149. The number of nitrogens with zero attached hydrogens (tertiary/aromatic N) is 1. The van der Waals surface area contributed by atoms with Gasteiger partial charge in [0, 0.05) is 11.1 Å². The molecule has 1 aromatic heterocycles. The Morgan fingerprint density at radius 1 is 1.07 bits per heavy atom. The van der Waals surface area contributed by atoms with E-state index >= 15 is 0 Å². The van der Waals surface area contributed by atoms with E-state index in [9.17, 15) is 4.79 Å².